The molecule has 3 aromatic carbocycles. The van der Waals surface area contributed by atoms with Crippen LogP contribution in [0.4, 0.5) is 0 Å². The molecule has 37 heavy (non-hydrogen) atoms. The fourth-order valence-electron chi connectivity index (χ4n) is 8.81. The van der Waals surface area contributed by atoms with Crippen LogP contribution < -0.4 is 10.6 Å². The van der Waals surface area contributed by atoms with Gasteiger partial charge in [-0.1, -0.05) is 81.3 Å². The van der Waals surface area contributed by atoms with E-state index >= 15 is 0 Å². The number of allylic oxidation sites excluding steroid dienone is 1. The van der Waals surface area contributed by atoms with Crippen LogP contribution in [0.2, 0.25) is 0 Å². The Morgan fingerprint density at radius 1 is 0.973 bits per heavy atom. The normalized spacial score (nSPS) is 31.8. The van der Waals surface area contributed by atoms with Gasteiger partial charge in [0.05, 0.1) is 5.36 Å². The number of rotatable bonds is 3. The van der Waals surface area contributed by atoms with Crippen molar-refractivity contribution in [2.24, 2.45) is 28.7 Å². The van der Waals surface area contributed by atoms with Crippen LogP contribution in [-0.2, 0) is 5.41 Å². The van der Waals surface area contributed by atoms with E-state index in [4.69, 9.17) is 4.99 Å². The molecule has 0 bridgehead atoms. The van der Waals surface area contributed by atoms with Crippen LogP contribution in [0.15, 0.2) is 59.7 Å². The Morgan fingerprint density at radius 2 is 1.81 bits per heavy atom. The zero-order valence-electron chi connectivity index (χ0n) is 23.3. The third kappa shape index (κ3) is 3.38. The molecule has 0 N–H and O–H groups in total. The highest BCUT2D eigenvalue weighted by molar-refractivity contribution is 5.87. The molecule has 1 aliphatic heterocycles. The topological polar surface area (TPSA) is 12.4 Å². The van der Waals surface area contributed by atoms with Crippen molar-refractivity contribution in [3.63, 3.8) is 0 Å². The molecule has 0 amide bonds. The van der Waals surface area contributed by atoms with Crippen LogP contribution in [0.5, 0.6) is 0 Å². The average Bonchev–Trinajstić information content (AvgIpc) is 3.69. The van der Waals surface area contributed by atoms with Crippen LogP contribution in [0.3, 0.4) is 0 Å². The van der Waals surface area contributed by atoms with Crippen molar-refractivity contribution >= 4 is 16.3 Å². The van der Waals surface area contributed by atoms with E-state index in [1.807, 2.05) is 0 Å². The predicted octanol–water partition coefficient (Wildman–Crippen LogP) is 8.03. The lowest BCUT2D eigenvalue weighted by Crippen LogP contribution is -2.51. The summed E-state index contributed by atoms with van der Waals surface area (Å²) in [5.41, 5.74) is 9.56. The summed E-state index contributed by atoms with van der Waals surface area (Å²) >= 11 is 0. The minimum atomic E-state index is 0.350. The molecule has 3 aliphatic carbocycles. The summed E-state index contributed by atoms with van der Waals surface area (Å²) in [5.74, 6) is 3.57. The Morgan fingerprint density at radius 3 is 2.51 bits per heavy atom. The van der Waals surface area contributed by atoms with E-state index in [-0.39, 0.29) is 0 Å². The SMILES string of the molecule is Cc1cc(C)c2c(c1)\C1=c3/ccc4cccc(C(C)C)c4/c3=N/C=C/CC1CC2(C1CC1)[C@H]1CCC1C. The zero-order chi connectivity index (χ0) is 25.5. The van der Waals surface area contributed by atoms with E-state index in [1.165, 1.54) is 70.1 Å². The molecule has 2 fully saturated rings. The second-order valence-corrected chi connectivity index (χ2v) is 13.1. The Labute approximate surface area is 222 Å². The molecule has 4 aliphatic rings. The van der Waals surface area contributed by atoms with Gasteiger partial charge in [-0.2, -0.15) is 0 Å². The van der Waals surface area contributed by atoms with E-state index in [0.717, 1.165) is 24.2 Å². The van der Waals surface area contributed by atoms with Gasteiger partial charge in [-0.3, -0.25) is 4.99 Å². The lowest BCUT2D eigenvalue weighted by molar-refractivity contribution is 0.0519. The number of aryl methyl sites for hydroxylation is 2. The maximum atomic E-state index is 5.18. The third-order valence-electron chi connectivity index (χ3n) is 10.5. The van der Waals surface area contributed by atoms with E-state index < -0.39 is 0 Å². The molecule has 3 unspecified atom stereocenters. The second-order valence-electron chi connectivity index (χ2n) is 13.1. The van der Waals surface area contributed by atoms with E-state index in [1.54, 1.807) is 16.7 Å². The summed E-state index contributed by atoms with van der Waals surface area (Å²) in [4.78, 5) is 5.18. The minimum absolute atomic E-state index is 0.350. The first-order chi connectivity index (χ1) is 17.9. The standard InChI is InChI=1S/C36H41N/c1-21(2)28-10-6-8-25-12-15-29-32-26(9-7-17-37-35(29)33(25)28)20-36(27-13-14-27,31-16-11-23(31)4)34-24(5)18-22(3)19-30(32)34/h6-8,10,12,15,17-19,21,23,26-27,31H,9,11,13-14,16,20H2,1-5H3/b17-7+,32-29+,37-35+/t23?,26?,31-,36?/m0/s1. The molecular formula is C36H41N. The molecule has 2 saturated carbocycles. The molecule has 1 heteroatoms. The molecule has 0 saturated heterocycles. The van der Waals surface area contributed by atoms with E-state index in [9.17, 15) is 0 Å². The summed E-state index contributed by atoms with van der Waals surface area (Å²) in [7, 11) is 0. The van der Waals surface area contributed by atoms with Crippen molar-refractivity contribution in [3.8, 4) is 0 Å². The maximum absolute atomic E-state index is 5.18. The first-order valence-electron chi connectivity index (χ1n) is 14.8. The molecule has 1 nitrogen and oxygen atoms in total. The fourth-order valence-corrected chi connectivity index (χ4v) is 8.81. The number of benzene rings is 3. The van der Waals surface area contributed by atoms with Gasteiger partial charge in [0.25, 0.3) is 0 Å². The lowest BCUT2D eigenvalue weighted by atomic mass is 9.48. The molecular weight excluding hydrogens is 446 g/mol. The van der Waals surface area contributed by atoms with Gasteiger partial charge in [-0.05, 0) is 109 Å². The van der Waals surface area contributed by atoms with Gasteiger partial charge in [0.1, 0.15) is 0 Å². The van der Waals surface area contributed by atoms with Gasteiger partial charge in [0, 0.05) is 22.2 Å². The number of hydrogen-bond acceptors (Lipinski definition) is 1. The van der Waals surface area contributed by atoms with Gasteiger partial charge in [0.15, 0.2) is 0 Å². The van der Waals surface area contributed by atoms with Crippen LogP contribution in [0.25, 0.3) is 16.3 Å². The minimum Gasteiger partial charge on any atom is -0.256 e. The highest BCUT2D eigenvalue weighted by atomic mass is 14.7. The Balaban J connectivity index is 1.63. The van der Waals surface area contributed by atoms with Crippen molar-refractivity contribution < 1.29 is 0 Å². The van der Waals surface area contributed by atoms with E-state index in [0.29, 0.717) is 17.3 Å². The Hall–Kier alpha value is -2.67. The van der Waals surface area contributed by atoms with Crippen LogP contribution in [-0.4, -0.2) is 0 Å². The van der Waals surface area contributed by atoms with Gasteiger partial charge >= 0.3 is 0 Å². The van der Waals surface area contributed by atoms with Crippen LogP contribution >= 0.6 is 0 Å². The molecule has 0 aromatic heterocycles. The fraction of sp³-hybridized carbons (Fsp3) is 0.472. The van der Waals surface area contributed by atoms with Crippen LogP contribution in [0.1, 0.15) is 93.0 Å². The first-order valence-corrected chi connectivity index (χ1v) is 14.8. The smallest absolute Gasteiger partial charge is 0.0786 e. The third-order valence-corrected chi connectivity index (χ3v) is 10.5. The van der Waals surface area contributed by atoms with E-state index in [2.05, 4.69) is 89.4 Å². The number of hydrogen-bond donors (Lipinski definition) is 0. The summed E-state index contributed by atoms with van der Waals surface area (Å²) in [6.07, 6.45) is 12.6. The van der Waals surface area contributed by atoms with Crippen molar-refractivity contribution in [2.75, 3.05) is 0 Å². The summed E-state index contributed by atoms with van der Waals surface area (Å²) < 4.78 is 0. The van der Waals surface area contributed by atoms with Crippen LogP contribution in [0, 0.1) is 37.5 Å². The maximum Gasteiger partial charge on any atom is 0.0786 e. The quantitative estimate of drug-likeness (QED) is 0.355. The summed E-state index contributed by atoms with van der Waals surface area (Å²) in [6.45, 7) is 11.9. The highest BCUT2D eigenvalue weighted by Crippen LogP contribution is 2.65. The van der Waals surface area contributed by atoms with Gasteiger partial charge in [-0.25, -0.2) is 0 Å². The Bertz CT molecular complexity index is 1570. The van der Waals surface area contributed by atoms with Crippen molar-refractivity contribution in [3.05, 3.63) is 93.1 Å². The first kappa shape index (κ1) is 23.4. The summed E-state index contributed by atoms with van der Waals surface area (Å²) in [5, 5.41) is 5.24. The average molecular weight is 488 g/mol. The molecule has 3 aromatic rings. The molecule has 1 heterocycles. The number of nitrogens with zero attached hydrogens (tertiary/aromatic N) is 1. The van der Waals surface area contributed by atoms with Gasteiger partial charge in [0.2, 0.25) is 0 Å². The molecule has 0 spiro atoms. The van der Waals surface area contributed by atoms with Gasteiger partial charge in [-0.15, -0.1) is 0 Å². The second kappa shape index (κ2) is 8.42. The monoisotopic (exact) mass is 487 g/mol. The van der Waals surface area contributed by atoms with Crippen molar-refractivity contribution in [1.29, 1.82) is 0 Å². The number of fused-ring (bicyclic) bond motifs is 6. The predicted molar refractivity (Wildman–Crippen MR) is 155 cm³/mol. The van der Waals surface area contributed by atoms with Gasteiger partial charge < -0.3 is 0 Å². The summed E-state index contributed by atoms with van der Waals surface area (Å²) in [6, 6.07) is 16.6. The molecule has 0 radical (unpaired) electrons. The molecule has 7 rings (SSSR count). The lowest BCUT2D eigenvalue weighted by Gasteiger charge is -2.55. The molecule has 4 atom stereocenters. The molecule has 190 valence electrons. The van der Waals surface area contributed by atoms with Crippen molar-refractivity contribution in [2.45, 2.75) is 84.5 Å². The highest BCUT2D eigenvalue weighted by Gasteiger charge is 2.58. The largest absolute Gasteiger partial charge is 0.256 e. The zero-order valence-corrected chi connectivity index (χ0v) is 23.3. The van der Waals surface area contributed by atoms with Crippen molar-refractivity contribution in [1.82, 2.24) is 0 Å². The Kier molecular flexibility index (Phi) is 5.33.